The number of aryl methyl sites for hydroxylation is 1. The summed E-state index contributed by atoms with van der Waals surface area (Å²) in [5.74, 6) is 0.337. The van der Waals surface area contributed by atoms with E-state index in [0.717, 1.165) is 36.6 Å². The molecule has 0 aliphatic carbocycles. The Hall–Kier alpha value is -2.79. The Morgan fingerprint density at radius 1 is 1.15 bits per heavy atom. The molecule has 2 aromatic rings. The van der Waals surface area contributed by atoms with Gasteiger partial charge in [-0.2, -0.15) is 0 Å². The summed E-state index contributed by atoms with van der Waals surface area (Å²) in [5, 5.41) is 0.847. The number of rotatable bonds is 12. The number of aromatic nitrogens is 1. The zero-order chi connectivity index (χ0) is 30.4. The van der Waals surface area contributed by atoms with Crippen molar-refractivity contribution in [1.29, 1.82) is 0 Å². The van der Waals surface area contributed by atoms with Crippen molar-refractivity contribution >= 4 is 32.7 Å². The van der Waals surface area contributed by atoms with Gasteiger partial charge in [-0.25, -0.2) is 13.2 Å². The number of fused-ring (bicyclic) bond motifs is 1. The normalized spacial score (nSPS) is 16.3. The summed E-state index contributed by atoms with van der Waals surface area (Å²) in [6.07, 6.45) is 3.99. The first kappa shape index (κ1) is 32.7. The molecule has 1 aliphatic rings. The topological polar surface area (TPSA) is 107 Å². The first-order chi connectivity index (χ1) is 19.2. The van der Waals surface area contributed by atoms with E-state index in [1.807, 2.05) is 68.4 Å². The molecule has 0 bridgehead atoms. The number of hydrogen-bond donors (Lipinski definition) is 0. The van der Waals surface area contributed by atoms with Crippen LogP contribution >= 0.6 is 0 Å². The zero-order valence-electron chi connectivity index (χ0n) is 25.6. The van der Waals surface area contributed by atoms with E-state index in [0.29, 0.717) is 37.7 Å². The van der Waals surface area contributed by atoms with Crippen molar-refractivity contribution in [2.24, 2.45) is 0 Å². The third-order valence-electron chi connectivity index (χ3n) is 7.03. The number of ether oxygens (including phenoxy) is 3. The van der Waals surface area contributed by atoms with Crippen LogP contribution in [0.2, 0.25) is 0 Å². The minimum atomic E-state index is -3.18. The van der Waals surface area contributed by atoms with Gasteiger partial charge in [-0.3, -0.25) is 4.79 Å². The highest BCUT2D eigenvalue weighted by atomic mass is 32.2. The summed E-state index contributed by atoms with van der Waals surface area (Å²) in [6, 6.07) is 7.23. The summed E-state index contributed by atoms with van der Waals surface area (Å²) < 4.78 is 42.2. The molecule has 1 aromatic heterocycles. The first-order valence-electron chi connectivity index (χ1n) is 14.4. The summed E-state index contributed by atoms with van der Waals surface area (Å²) >= 11 is 0. The van der Waals surface area contributed by atoms with Crippen LogP contribution in [0, 0.1) is 0 Å². The van der Waals surface area contributed by atoms with E-state index in [9.17, 15) is 18.0 Å². The monoisotopic (exact) mass is 593 g/mol. The minimum absolute atomic E-state index is 0.0246. The first-order valence-corrected chi connectivity index (χ1v) is 16.5. The Bertz CT molecular complexity index is 1300. The highest BCUT2D eigenvalue weighted by molar-refractivity contribution is 7.90. The number of para-hydroxylation sites is 1. The number of benzene rings is 1. The van der Waals surface area contributed by atoms with Crippen LogP contribution < -0.4 is 4.74 Å². The van der Waals surface area contributed by atoms with Gasteiger partial charge in [0.1, 0.15) is 23.7 Å². The summed E-state index contributed by atoms with van der Waals surface area (Å²) in [4.78, 5) is 30.8. The van der Waals surface area contributed by atoms with Crippen LogP contribution in [-0.4, -0.2) is 97.9 Å². The smallest absolute Gasteiger partial charge is 0.410 e. The second kappa shape index (κ2) is 13.9. The SMILES string of the molecule is COCCCCn1c(C(=O)N(C(C)C)[C@@H]2CCCN(C(=O)OC(C)(C)C)C2)cc2cccc(OCCS(C)(=O)=O)c21. The van der Waals surface area contributed by atoms with Gasteiger partial charge in [0.05, 0.1) is 17.3 Å². The fourth-order valence-electron chi connectivity index (χ4n) is 5.26. The number of piperidine rings is 1. The molecule has 1 aliphatic heterocycles. The molecule has 2 amide bonds. The van der Waals surface area contributed by atoms with Crippen molar-refractivity contribution < 1.29 is 32.2 Å². The maximum absolute atomic E-state index is 14.4. The van der Waals surface area contributed by atoms with E-state index in [4.69, 9.17) is 14.2 Å². The van der Waals surface area contributed by atoms with Crippen LogP contribution in [0.5, 0.6) is 5.75 Å². The molecule has 3 rings (SSSR count). The van der Waals surface area contributed by atoms with Crippen molar-refractivity contribution in [1.82, 2.24) is 14.4 Å². The van der Waals surface area contributed by atoms with Gasteiger partial charge in [0.15, 0.2) is 9.84 Å². The molecule has 1 saturated heterocycles. The third kappa shape index (κ3) is 9.10. The number of likely N-dealkylation sites (tertiary alicyclic amines) is 1. The maximum Gasteiger partial charge on any atom is 0.410 e. The van der Waals surface area contributed by atoms with Gasteiger partial charge in [0.2, 0.25) is 0 Å². The van der Waals surface area contributed by atoms with E-state index in [2.05, 4.69) is 0 Å². The molecular formula is C30H47N3O7S. The second-order valence-electron chi connectivity index (χ2n) is 12.1. The molecule has 1 fully saturated rings. The molecule has 0 saturated carbocycles. The molecule has 0 radical (unpaired) electrons. The van der Waals surface area contributed by atoms with Gasteiger partial charge in [-0.15, -0.1) is 0 Å². The molecule has 1 aromatic carbocycles. The van der Waals surface area contributed by atoms with E-state index in [1.165, 1.54) is 6.26 Å². The predicted molar refractivity (Wildman–Crippen MR) is 160 cm³/mol. The molecule has 230 valence electrons. The highest BCUT2D eigenvalue weighted by Gasteiger charge is 2.35. The summed E-state index contributed by atoms with van der Waals surface area (Å²) in [5.41, 5.74) is 0.715. The minimum Gasteiger partial charge on any atom is -0.490 e. The van der Waals surface area contributed by atoms with Crippen molar-refractivity contribution in [3.63, 3.8) is 0 Å². The van der Waals surface area contributed by atoms with Gasteiger partial charge >= 0.3 is 6.09 Å². The Morgan fingerprint density at radius 3 is 2.51 bits per heavy atom. The number of carbonyl (C=O) groups is 2. The number of carbonyl (C=O) groups excluding carboxylic acids is 2. The lowest BCUT2D eigenvalue weighted by atomic mass is 10.0. The van der Waals surface area contributed by atoms with Gasteiger partial charge in [-0.05, 0) is 72.4 Å². The molecule has 2 heterocycles. The lowest BCUT2D eigenvalue weighted by Crippen LogP contribution is -2.54. The molecule has 0 unspecified atom stereocenters. The Labute approximate surface area is 244 Å². The van der Waals surface area contributed by atoms with Crippen LogP contribution in [0.3, 0.4) is 0 Å². The number of hydrogen-bond acceptors (Lipinski definition) is 7. The van der Waals surface area contributed by atoms with Gasteiger partial charge in [-0.1, -0.05) is 12.1 Å². The second-order valence-corrected chi connectivity index (χ2v) is 14.3. The molecule has 1 atom stereocenters. The quantitative estimate of drug-likeness (QED) is 0.327. The van der Waals surface area contributed by atoms with Crippen molar-refractivity contribution in [3.05, 3.63) is 30.0 Å². The average molecular weight is 594 g/mol. The molecular weight excluding hydrogens is 546 g/mol. The Kier molecular flexibility index (Phi) is 11.1. The van der Waals surface area contributed by atoms with E-state index >= 15 is 0 Å². The predicted octanol–water partition coefficient (Wildman–Crippen LogP) is 4.74. The van der Waals surface area contributed by atoms with E-state index < -0.39 is 15.4 Å². The Morgan fingerprint density at radius 2 is 1.88 bits per heavy atom. The lowest BCUT2D eigenvalue weighted by Gasteiger charge is -2.41. The van der Waals surface area contributed by atoms with Crippen LogP contribution in [0.4, 0.5) is 4.79 Å². The van der Waals surface area contributed by atoms with Crippen LogP contribution in [-0.2, 0) is 25.9 Å². The number of methoxy groups -OCH3 is 1. The van der Waals surface area contributed by atoms with E-state index in [-0.39, 0.29) is 36.4 Å². The van der Waals surface area contributed by atoms with Gasteiger partial charge < -0.3 is 28.6 Å². The largest absolute Gasteiger partial charge is 0.490 e. The van der Waals surface area contributed by atoms with Crippen molar-refractivity contribution in [2.75, 3.05) is 45.4 Å². The van der Waals surface area contributed by atoms with Crippen molar-refractivity contribution in [2.45, 2.75) is 84.5 Å². The fraction of sp³-hybridized carbons (Fsp3) is 0.667. The molecule has 10 nitrogen and oxygen atoms in total. The number of unbranched alkanes of at least 4 members (excludes halogenated alkanes) is 1. The van der Waals surface area contributed by atoms with Crippen LogP contribution in [0.25, 0.3) is 10.9 Å². The standard InChI is InChI=1S/C30H47N3O7S/c1-22(2)33(24-13-11-15-31(21-24)29(35)40-30(3,4)5)28(34)25-20-23-12-10-14-26(39-18-19-41(7,36)37)27(23)32(25)16-8-9-17-38-6/h10,12,14,20,22,24H,8-9,11,13,15-19,21H2,1-7H3/t24-/m1/s1. The third-order valence-corrected chi connectivity index (χ3v) is 7.93. The van der Waals surface area contributed by atoms with Crippen molar-refractivity contribution in [3.8, 4) is 5.75 Å². The molecule has 41 heavy (non-hydrogen) atoms. The summed E-state index contributed by atoms with van der Waals surface area (Å²) in [7, 11) is -1.52. The van der Waals surface area contributed by atoms with Gasteiger partial charge in [0, 0.05) is 51.0 Å². The lowest BCUT2D eigenvalue weighted by molar-refractivity contribution is 0.00733. The van der Waals surface area contributed by atoms with E-state index in [1.54, 1.807) is 12.0 Å². The highest BCUT2D eigenvalue weighted by Crippen LogP contribution is 2.32. The number of sulfone groups is 1. The number of amides is 2. The maximum atomic E-state index is 14.4. The Balaban J connectivity index is 1.97. The molecule has 11 heteroatoms. The fourth-order valence-corrected chi connectivity index (χ4v) is 5.65. The van der Waals surface area contributed by atoms with Gasteiger partial charge in [0.25, 0.3) is 5.91 Å². The average Bonchev–Trinajstić information content (AvgIpc) is 3.24. The number of nitrogens with zero attached hydrogens (tertiary/aromatic N) is 3. The van der Waals surface area contributed by atoms with Crippen LogP contribution in [0.1, 0.15) is 70.8 Å². The summed E-state index contributed by atoms with van der Waals surface area (Å²) in [6.45, 7) is 11.7. The molecule has 0 spiro atoms. The zero-order valence-corrected chi connectivity index (χ0v) is 26.5. The van der Waals surface area contributed by atoms with Crippen LogP contribution in [0.15, 0.2) is 24.3 Å². The molecule has 0 N–H and O–H groups in total.